The minimum atomic E-state index is -0.310. The summed E-state index contributed by atoms with van der Waals surface area (Å²) in [6.45, 7) is 1.89. The van der Waals surface area contributed by atoms with E-state index in [0.717, 1.165) is 19.3 Å². The lowest BCUT2D eigenvalue weighted by Gasteiger charge is -2.13. The molecule has 1 amide bonds. The third-order valence-electron chi connectivity index (χ3n) is 3.07. The Bertz CT molecular complexity index is 768. The van der Waals surface area contributed by atoms with Gasteiger partial charge in [-0.1, -0.05) is 28.1 Å². The Morgan fingerprint density at radius 2 is 2.04 bits per heavy atom. The van der Waals surface area contributed by atoms with Crippen LogP contribution >= 0.6 is 50.7 Å². The number of aryl methyl sites for hydroxylation is 1. The third-order valence-corrected chi connectivity index (χ3v) is 4.66. The number of nitrogens with one attached hydrogen (secondary N) is 2. The van der Waals surface area contributed by atoms with Gasteiger partial charge in [0.1, 0.15) is 5.75 Å². The zero-order valence-corrected chi connectivity index (χ0v) is 17.0. The Morgan fingerprint density at radius 1 is 1.30 bits per heavy atom. The predicted molar refractivity (Wildman–Crippen MR) is 108 cm³/mol. The van der Waals surface area contributed by atoms with Crippen molar-refractivity contribution in [1.29, 1.82) is 0 Å². The molecule has 0 fully saturated rings. The van der Waals surface area contributed by atoms with Crippen molar-refractivity contribution in [1.82, 2.24) is 5.32 Å². The summed E-state index contributed by atoms with van der Waals surface area (Å²) in [4.78, 5) is 12.4. The number of benzene rings is 2. The largest absolute Gasteiger partial charge is 0.496 e. The van der Waals surface area contributed by atoms with Crippen molar-refractivity contribution in [3.63, 3.8) is 0 Å². The second-order valence-corrected chi connectivity index (χ2v) is 7.17. The van der Waals surface area contributed by atoms with Crippen molar-refractivity contribution < 1.29 is 9.53 Å². The van der Waals surface area contributed by atoms with Crippen molar-refractivity contribution in [3.05, 3.63) is 55.6 Å². The smallest absolute Gasteiger partial charge is 0.261 e. The number of rotatable bonds is 3. The van der Waals surface area contributed by atoms with Crippen LogP contribution in [-0.2, 0) is 0 Å². The van der Waals surface area contributed by atoms with Gasteiger partial charge in [0, 0.05) is 8.04 Å². The molecule has 7 heteroatoms. The number of anilines is 1. The fourth-order valence-corrected chi connectivity index (χ4v) is 3.66. The first-order valence-corrected chi connectivity index (χ1v) is 8.91. The van der Waals surface area contributed by atoms with Crippen molar-refractivity contribution in [2.75, 3.05) is 12.4 Å². The maximum absolute atomic E-state index is 12.4. The first kappa shape index (κ1) is 18.2. The molecule has 0 aliphatic carbocycles. The molecule has 0 aliphatic rings. The number of hydrogen-bond donors (Lipinski definition) is 2. The topological polar surface area (TPSA) is 50.4 Å². The van der Waals surface area contributed by atoms with Crippen LogP contribution in [0, 0.1) is 10.5 Å². The molecule has 0 heterocycles. The van der Waals surface area contributed by atoms with Crippen LogP contribution in [0.5, 0.6) is 5.75 Å². The second-order valence-electron chi connectivity index (χ2n) is 4.69. The van der Waals surface area contributed by atoms with Gasteiger partial charge in [-0.25, -0.2) is 0 Å². The zero-order valence-electron chi connectivity index (χ0n) is 12.4. The summed E-state index contributed by atoms with van der Waals surface area (Å²) in [5, 5.41) is 5.93. The molecule has 2 rings (SSSR count). The van der Waals surface area contributed by atoms with E-state index in [9.17, 15) is 4.79 Å². The van der Waals surface area contributed by atoms with Crippen LogP contribution in [0.25, 0.3) is 0 Å². The number of carbonyl (C=O) groups excluding carboxylic acids is 1. The van der Waals surface area contributed by atoms with E-state index in [1.807, 2.05) is 31.2 Å². The molecular weight excluding hydrogens is 491 g/mol. The molecule has 0 saturated carbocycles. The van der Waals surface area contributed by atoms with E-state index in [-0.39, 0.29) is 11.0 Å². The minimum Gasteiger partial charge on any atom is -0.496 e. The molecule has 0 aliphatic heterocycles. The Balaban J connectivity index is 2.11. The van der Waals surface area contributed by atoms with Crippen LogP contribution in [0.3, 0.4) is 0 Å². The predicted octanol–water partition coefficient (Wildman–Crippen LogP) is 4.50. The van der Waals surface area contributed by atoms with Crippen molar-refractivity contribution in [3.8, 4) is 5.75 Å². The average Bonchev–Trinajstić information content (AvgIpc) is 2.49. The van der Waals surface area contributed by atoms with E-state index in [1.54, 1.807) is 19.2 Å². The van der Waals surface area contributed by atoms with Crippen LogP contribution in [0.4, 0.5) is 5.69 Å². The molecule has 0 spiro atoms. The lowest BCUT2D eigenvalue weighted by molar-refractivity contribution is 0.0974. The summed E-state index contributed by atoms with van der Waals surface area (Å²) in [5.74, 6) is 0.237. The summed E-state index contributed by atoms with van der Waals surface area (Å²) in [5.41, 5.74) is 2.17. The summed E-state index contributed by atoms with van der Waals surface area (Å²) < 4.78 is 7.26. The average molecular weight is 505 g/mol. The van der Waals surface area contributed by atoms with Gasteiger partial charge in [0.25, 0.3) is 5.91 Å². The lowest BCUT2D eigenvalue weighted by atomic mass is 10.1. The lowest BCUT2D eigenvalue weighted by Crippen LogP contribution is -2.34. The molecule has 0 atom stereocenters. The van der Waals surface area contributed by atoms with E-state index >= 15 is 0 Å². The monoisotopic (exact) mass is 504 g/mol. The van der Waals surface area contributed by atoms with E-state index < -0.39 is 0 Å². The number of carbonyl (C=O) groups is 1. The standard InChI is InChI=1S/C16H14BrIN2O2S/c1-9-4-3-5-11(14(9)22-2)15(21)20-16(23)19-13-7-6-10(17)8-12(13)18/h3-8H,1-2H3,(H2,19,20,21,23). The molecule has 120 valence electrons. The number of methoxy groups -OCH3 is 1. The highest BCUT2D eigenvalue weighted by Gasteiger charge is 2.15. The Kier molecular flexibility index (Phi) is 6.37. The van der Waals surface area contributed by atoms with E-state index in [4.69, 9.17) is 17.0 Å². The van der Waals surface area contributed by atoms with Crippen LogP contribution < -0.4 is 15.4 Å². The molecule has 2 N–H and O–H groups in total. The quantitative estimate of drug-likeness (QED) is 0.477. The fraction of sp³-hybridized carbons (Fsp3) is 0.125. The molecule has 0 bridgehead atoms. The van der Waals surface area contributed by atoms with Crippen LogP contribution in [0.2, 0.25) is 0 Å². The van der Waals surface area contributed by atoms with E-state index in [0.29, 0.717) is 11.3 Å². The number of ether oxygens (including phenoxy) is 1. The number of para-hydroxylation sites is 1. The Hall–Kier alpha value is -1.19. The van der Waals surface area contributed by atoms with Gasteiger partial charge in [-0.05, 0) is 71.6 Å². The van der Waals surface area contributed by atoms with Gasteiger partial charge in [-0.15, -0.1) is 0 Å². The van der Waals surface area contributed by atoms with Gasteiger partial charge < -0.3 is 10.1 Å². The summed E-state index contributed by atoms with van der Waals surface area (Å²) in [6, 6.07) is 11.1. The first-order valence-electron chi connectivity index (χ1n) is 6.63. The molecule has 23 heavy (non-hydrogen) atoms. The van der Waals surface area contributed by atoms with Gasteiger partial charge in [-0.3, -0.25) is 10.1 Å². The molecule has 4 nitrogen and oxygen atoms in total. The highest BCUT2D eigenvalue weighted by molar-refractivity contribution is 14.1. The SMILES string of the molecule is COc1c(C)cccc1C(=O)NC(=S)Nc1ccc(Br)cc1I. The molecular formula is C16H14BrIN2O2S. The molecule has 0 saturated heterocycles. The van der Waals surface area contributed by atoms with Gasteiger partial charge >= 0.3 is 0 Å². The summed E-state index contributed by atoms with van der Waals surface area (Å²) in [6.07, 6.45) is 0. The van der Waals surface area contributed by atoms with Crippen LogP contribution in [0.15, 0.2) is 40.9 Å². The Morgan fingerprint density at radius 3 is 2.70 bits per heavy atom. The van der Waals surface area contributed by atoms with Gasteiger partial charge in [0.15, 0.2) is 5.11 Å². The van der Waals surface area contributed by atoms with Crippen LogP contribution in [0.1, 0.15) is 15.9 Å². The molecule has 2 aromatic carbocycles. The maximum Gasteiger partial charge on any atom is 0.261 e. The molecule has 0 unspecified atom stereocenters. The normalized spacial score (nSPS) is 10.1. The van der Waals surface area contributed by atoms with Gasteiger partial charge in [-0.2, -0.15) is 0 Å². The second kappa shape index (κ2) is 8.07. The minimum absolute atomic E-state index is 0.235. The number of thiocarbonyl (C=S) groups is 1. The van der Waals surface area contributed by atoms with Gasteiger partial charge in [0.05, 0.1) is 18.4 Å². The molecule has 2 aromatic rings. The molecule has 0 radical (unpaired) electrons. The summed E-state index contributed by atoms with van der Waals surface area (Å²) >= 11 is 10.8. The first-order chi connectivity index (χ1) is 10.9. The zero-order chi connectivity index (χ0) is 17.0. The summed E-state index contributed by atoms with van der Waals surface area (Å²) in [7, 11) is 1.54. The van der Waals surface area contributed by atoms with Gasteiger partial charge in [0.2, 0.25) is 0 Å². The molecule has 0 aromatic heterocycles. The highest BCUT2D eigenvalue weighted by atomic mass is 127. The number of amides is 1. The van der Waals surface area contributed by atoms with E-state index in [1.165, 1.54) is 0 Å². The fourth-order valence-electron chi connectivity index (χ4n) is 2.02. The Labute approximate surface area is 162 Å². The van der Waals surface area contributed by atoms with E-state index in [2.05, 4.69) is 49.2 Å². The van der Waals surface area contributed by atoms with Crippen molar-refractivity contribution in [2.45, 2.75) is 6.92 Å². The van der Waals surface area contributed by atoms with Crippen molar-refractivity contribution in [2.24, 2.45) is 0 Å². The third kappa shape index (κ3) is 4.65. The number of halogens is 2. The number of hydrogen-bond acceptors (Lipinski definition) is 3. The maximum atomic E-state index is 12.4. The van der Waals surface area contributed by atoms with Crippen LogP contribution in [-0.4, -0.2) is 18.1 Å². The van der Waals surface area contributed by atoms with Crippen molar-refractivity contribution >= 4 is 67.4 Å². The highest BCUT2D eigenvalue weighted by Crippen LogP contribution is 2.24.